The molecule has 1 amide bonds. The molecule has 3 rings (SSSR count). The number of thiazole rings is 1. The van der Waals surface area contributed by atoms with Crippen LogP contribution in [0.2, 0.25) is 0 Å². The quantitative estimate of drug-likeness (QED) is 0.511. The highest BCUT2D eigenvalue weighted by atomic mass is 32.2. The van der Waals surface area contributed by atoms with Crippen molar-refractivity contribution in [3.05, 3.63) is 54.1 Å². The first-order valence-electron chi connectivity index (χ1n) is 9.16. The zero-order valence-electron chi connectivity index (χ0n) is 15.8. The Bertz CT molecular complexity index is 896. The Morgan fingerprint density at radius 2 is 2.00 bits per heavy atom. The van der Waals surface area contributed by atoms with Crippen LogP contribution in [0.3, 0.4) is 0 Å². The van der Waals surface area contributed by atoms with Crippen LogP contribution >= 0.6 is 23.1 Å². The van der Waals surface area contributed by atoms with E-state index in [4.69, 9.17) is 4.74 Å². The van der Waals surface area contributed by atoms with Crippen molar-refractivity contribution < 1.29 is 9.53 Å². The number of hydrogen-bond acceptors (Lipinski definition) is 5. The summed E-state index contributed by atoms with van der Waals surface area (Å²) in [6, 6.07) is 15.9. The number of nitrogens with one attached hydrogen (secondary N) is 1. The van der Waals surface area contributed by atoms with Gasteiger partial charge < -0.3 is 10.1 Å². The van der Waals surface area contributed by atoms with Gasteiger partial charge in [-0.3, -0.25) is 4.79 Å². The largest absolute Gasteiger partial charge is 0.494 e. The summed E-state index contributed by atoms with van der Waals surface area (Å²) in [7, 11) is 0. The van der Waals surface area contributed by atoms with Crippen LogP contribution in [-0.4, -0.2) is 22.7 Å². The molecule has 2 aromatic carbocycles. The molecule has 27 heavy (non-hydrogen) atoms. The van der Waals surface area contributed by atoms with Crippen LogP contribution in [0.15, 0.2) is 52.9 Å². The maximum absolute atomic E-state index is 12.7. The van der Waals surface area contributed by atoms with E-state index < -0.39 is 0 Å². The van der Waals surface area contributed by atoms with E-state index in [0.717, 1.165) is 32.3 Å². The van der Waals surface area contributed by atoms with Crippen molar-refractivity contribution in [3.63, 3.8) is 0 Å². The monoisotopic (exact) mass is 400 g/mol. The molecule has 0 saturated carbocycles. The standard InChI is InChI=1S/C21H24N2O2S2/c1-4-18(20(24)22-14(3)15-9-7-6-8-10-15)26-21-23-17-12-11-16(25-5-2)13-19(17)27-21/h6-14,18H,4-5H2,1-3H3,(H,22,24). The summed E-state index contributed by atoms with van der Waals surface area (Å²) >= 11 is 3.14. The summed E-state index contributed by atoms with van der Waals surface area (Å²) in [5, 5.41) is 2.96. The zero-order valence-corrected chi connectivity index (χ0v) is 17.4. The normalized spacial score (nSPS) is 13.3. The lowest BCUT2D eigenvalue weighted by Gasteiger charge is -2.18. The van der Waals surface area contributed by atoms with E-state index in [1.54, 1.807) is 11.3 Å². The summed E-state index contributed by atoms with van der Waals surface area (Å²) in [4.78, 5) is 17.4. The Kier molecular flexibility index (Phi) is 6.74. The van der Waals surface area contributed by atoms with E-state index in [2.05, 4.69) is 10.3 Å². The van der Waals surface area contributed by atoms with Crippen LogP contribution in [0, 0.1) is 0 Å². The molecule has 0 aliphatic heterocycles. The molecule has 1 aromatic heterocycles. The van der Waals surface area contributed by atoms with E-state index in [-0.39, 0.29) is 17.2 Å². The number of fused-ring (bicyclic) bond motifs is 1. The van der Waals surface area contributed by atoms with Gasteiger partial charge in [0.15, 0.2) is 4.34 Å². The van der Waals surface area contributed by atoms with E-state index in [1.807, 2.05) is 69.3 Å². The fraction of sp³-hybridized carbons (Fsp3) is 0.333. The molecular weight excluding hydrogens is 376 g/mol. The summed E-state index contributed by atoms with van der Waals surface area (Å²) < 4.78 is 7.55. The molecule has 0 spiro atoms. The fourth-order valence-electron chi connectivity index (χ4n) is 2.77. The number of rotatable bonds is 8. The summed E-state index contributed by atoms with van der Waals surface area (Å²) in [5.41, 5.74) is 2.05. The van der Waals surface area contributed by atoms with Gasteiger partial charge in [-0.05, 0) is 44.0 Å². The van der Waals surface area contributed by atoms with Crippen LogP contribution < -0.4 is 10.1 Å². The topological polar surface area (TPSA) is 51.2 Å². The lowest BCUT2D eigenvalue weighted by atomic mass is 10.1. The second-order valence-electron chi connectivity index (χ2n) is 6.20. The highest BCUT2D eigenvalue weighted by Gasteiger charge is 2.22. The van der Waals surface area contributed by atoms with Crippen molar-refractivity contribution in [1.29, 1.82) is 0 Å². The smallest absolute Gasteiger partial charge is 0.234 e. The molecular formula is C21H24N2O2S2. The van der Waals surface area contributed by atoms with E-state index in [9.17, 15) is 4.79 Å². The summed E-state index contributed by atoms with van der Waals surface area (Å²) in [6.45, 7) is 6.66. The van der Waals surface area contributed by atoms with Gasteiger partial charge in [-0.25, -0.2) is 4.98 Å². The van der Waals surface area contributed by atoms with Gasteiger partial charge in [-0.15, -0.1) is 11.3 Å². The van der Waals surface area contributed by atoms with Crippen molar-refractivity contribution in [1.82, 2.24) is 10.3 Å². The molecule has 1 N–H and O–H groups in total. The minimum atomic E-state index is -0.164. The predicted octanol–water partition coefficient (Wildman–Crippen LogP) is 5.44. The Balaban J connectivity index is 1.68. The molecule has 1 heterocycles. The lowest BCUT2D eigenvalue weighted by molar-refractivity contribution is -0.121. The number of carbonyl (C=O) groups excluding carboxylic acids is 1. The number of hydrogen-bond donors (Lipinski definition) is 1. The average Bonchev–Trinajstić information content (AvgIpc) is 3.08. The van der Waals surface area contributed by atoms with Gasteiger partial charge in [0.25, 0.3) is 0 Å². The minimum absolute atomic E-state index is 0.0162. The highest BCUT2D eigenvalue weighted by Crippen LogP contribution is 2.35. The number of thioether (sulfide) groups is 1. The van der Waals surface area contributed by atoms with Gasteiger partial charge in [0, 0.05) is 0 Å². The fourth-order valence-corrected chi connectivity index (χ4v) is 5.04. The van der Waals surface area contributed by atoms with Crippen LogP contribution in [0.1, 0.15) is 38.8 Å². The van der Waals surface area contributed by atoms with Crippen LogP contribution in [-0.2, 0) is 4.79 Å². The molecule has 0 bridgehead atoms. The predicted molar refractivity (Wildman–Crippen MR) is 114 cm³/mol. The van der Waals surface area contributed by atoms with Crippen molar-refractivity contribution in [2.75, 3.05) is 6.61 Å². The van der Waals surface area contributed by atoms with Gasteiger partial charge in [-0.1, -0.05) is 49.0 Å². The van der Waals surface area contributed by atoms with Crippen molar-refractivity contribution >= 4 is 39.2 Å². The Morgan fingerprint density at radius 1 is 1.22 bits per heavy atom. The molecule has 2 unspecified atom stereocenters. The molecule has 3 aromatic rings. The third-order valence-corrected chi connectivity index (χ3v) is 6.69. The van der Waals surface area contributed by atoms with Gasteiger partial charge in [-0.2, -0.15) is 0 Å². The van der Waals surface area contributed by atoms with E-state index >= 15 is 0 Å². The first-order valence-corrected chi connectivity index (χ1v) is 10.9. The molecule has 2 atom stereocenters. The van der Waals surface area contributed by atoms with Crippen LogP contribution in [0.4, 0.5) is 0 Å². The molecule has 142 valence electrons. The maximum atomic E-state index is 12.7. The molecule has 0 fully saturated rings. The Hall–Kier alpha value is -2.05. The number of ether oxygens (including phenoxy) is 1. The number of aromatic nitrogens is 1. The van der Waals surface area contributed by atoms with Gasteiger partial charge in [0.2, 0.25) is 5.91 Å². The first-order chi connectivity index (χ1) is 13.1. The van der Waals surface area contributed by atoms with Crippen LogP contribution in [0.5, 0.6) is 5.75 Å². The highest BCUT2D eigenvalue weighted by molar-refractivity contribution is 8.02. The third-order valence-electron chi connectivity index (χ3n) is 4.22. The van der Waals surface area contributed by atoms with Crippen LogP contribution in [0.25, 0.3) is 10.2 Å². The second-order valence-corrected chi connectivity index (χ2v) is 8.68. The minimum Gasteiger partial charge on any atom is -0.494 e. The molecule has 0 radical (unpaired) electrons. The van der Waals surface area contributed by atoms with Gasteiger partial charge >= 0.3 is 0 Å². The van der Waals surface area contributed by atoms with E-state index in [1.165, 1.54) is 11.8 Å². The number of nitrogens with zero attached hydrogens (tertiary/aromatic N) is 1. The lowest BCUT2D eigenvalue weighted by Crippen LogP contribution is -2.34. The molecule has 6 heteroatoms. The number of carbonyl (C=O) groups is 1. The first kappa shape index (κ1) is 19.7. The summed E-state index contributed by atoms with van der Waals surface area (Å²) in [6.07, 6.45) is 0.748. The molecule has 0 aliphatic carbocycles. The Morgan fingerprint density at radius 3 is 2.70 bits per heavy atom. The second kappa shape index (κ2) is 9.24. The van der Waals surface area contributed by atoms with Gasteiger partial charge in [0.1, 0.15) is 5.75 Å². The maximum Gasteiger partial charge on any atom is 0.234 e. The average molecular weight is 401 g/mol. The van der Waals surface area contributed by atoms with Crippen molar-refractivity contribution in [2.24, 2.45) is 0 Å². The molecule has 0 saturated heterocycles. The SMILES string of the molecule is CCOc1ccc2nc(SC(CC)C(=O)NC(C)c3ccccc3)sc2c1. The molecule has 4 nitrogen and oxygen atoms in total. The van der Waals surface area contributed by atoms with Crippen molar-refractivity contribution in [2.45, 2.75) is 42.8 Å². The van der Waals surface area contributed by atoms with Crippen molar-refractivity contribution in [3.8, 4) is 5.75 Å². The zero-order chi connectivity index (χ0) is 19.2. The number of amides is 1. The number of benzene rings is 2. The third kappa shape index (κ3) is 5.02. The summed E-state index contributed by atoms with van der Waals surface area (Å²) in [5.74, 6) is 0.903. The van der Waals surface area contributed by atoms with Gasteiger partial charge in [0.05, 0.1) is 28.1 Å². The van der Waals surface area contributed by atoms with E-state index in [0.29, 0.717) is 6.61 Å². The Labute approximate surface area is 168 Å². The molecule has 0 aliphatic rings.